The summed E-state index contributed by atoms with van der Waals surface area (Å²) in [5.74, 6) is 0.0985. The lowest BCUT2D eigenvalue weighted by molar-refractivity contribution is -0.384. The number of ether oxygens (including phenoxy) is 4. The number of para-hydroxylation sites is 3. The van der Waals surface area contributed by atoms with Crippen LogP contribution in [0.5, 0.6) is 23.0 Å². The van der Waals surface area contributed by atoms with E-state index < -0.39 is 70.9 Å². The van der Waals surface area contributed by atoms with Gasteiger partial charge >= 0.3 is 17.9 Å². The van der Waals surface area contributed by atoms with Crippen LogP contribution in [0.4, 0.5) is 11.4 Å². The zero-order chi connectivity index (χ0) is 67.5. The first-order valence-electron chi connectivity index (χ1n) is 26.6. The Kier molecular flexibility index (Phi) is 30.5. The lowest BCUT2D eigenvalue weighted by Gasteiger charge is -2.13. The molecule has 0 radical (unpaired) electrons. The predicted molar refractivity (Wildman–Crippen MR) is 331 cm³/mol. The highest BCUT2D eigenvalue weighted by Crippen LogP contribution is 2.29. The molecule has 0 aliphatic carbocycles. The number of nitrogens with zero attached hydrogens (tertiary/aromatic N) is 3. The van der Waals surface area contributed by atoms with Gasteiger partial charge in [0.05, 0.1) is 79.5 Å². The Morgan fingerprint density at radius 1 is 0.778 bits per heavy atom. The van der Waals surface area contributed by atoms with E-state index >= 15 is 0 Å². The van der Waals surface area contributed by atoms with E-state index in [9.17, 15) is 69.5 Å². The standard InChI is InChI=1S/C15H12O4.C13H15NO7S.C11H12O5.C10H11N3O2S.C9H18O6S2/c1-10(16)11-5-4-6-12(9-11)19-14-8-3-2-7-13(14)15(17)18;1-9(15)2-3-10(13(16)17)8-22(20,21)12-6-4-11(5-7-12)14(18)19;1-8(12)6-15-9-4-2-3-5-10(9)16-7-11(13)14;1-5(14)4-16-8-3-7-9(13-8)10(15)12-6(2)11-7;1-16(2,10)13-6-8-4-5-9(15-8)7-14-17(3,11)12/h2-9H,1H3,(H,17,18);4-7,10H,2-3,8H2,1H3,(H,16,17);2-5H,6-7H2,1H3,(H,13,14);3-4H2,1-2H3,(H,11,12,15);8-9H,1,4-7H2,2-3H3. The van der Waals surface area contributed by atoms with Crippen molar-refractivity contribution in [2.45, 2.75) is 83.8 Å². The van der Waals surface area contributed by atoms with Crippen molar-refractivity contribution in [1.82, 2.24) is 9.97 Å². The second-order valence-electron chi connectivity index (χ2n) is 19.7. The van der Waals surface area contributed by atoms with Gasteiger partial charge in [0.1, 0.15) is 41.1 Å². The third kappa shape index (κ3) is 29.2. The fourth-order valence-electron chi connectivity index (χ4n) is 7.33. The number of rotatable bonds is 26. The van der Waals surface area contributed by atoms with Gasteiger partial charge in [-0.3, -0.25) is 42.5 Å². The molecule has 28 nitrogen and oxygen atoms in total. The molecule has 5 aromatic rings. The number of sulfone groups is 1. The second-order valence-corrected chi connectivity index (χ2v) is 26.5. The van der Waals surface area contributed by atoms with Gasteiger partial charge in [-0.05, 0) is 108 Å². The number of hydrogen-bond donors (Lipinski definition) is 4. The summed E-state index contributed by atoms with van der Waals surface area (Å²) in [4.78, 5) is 108. The molecule has 0 bridgehead atoms. The number of aromatic carboxylic acids is 1. The van der Waals surface area contributed by atoms with Gasteiger partial charge in [-0.25, -0.2) is 32.2 Å². The second kappa shape index (κ2) is 36.2. The number of non-ortho nitro benzene ring substituents is 1. The summed E-state index contributed by atoms with van der Waals surface area (Å²) in [6.45, 7) is 7.14. The molecular formula is C58H68N4O24S4. The van der Waals surface area contributed by atoms with Gasteiger partial charge in [-0.1, -0.05) is 36.4 Å². The van der Waals surface area contributed by atoms with Gasteiger partial charge in [0, 0.05) is 36.8 Å². The van der Waals surface area contributed by atoms with Crippen LogP contribution in [0.15, 0.2) is 112 Å². The minimum absolute atomic E-state index is 0.0151. The first-order chi connectivity index (χ1) is 42.0. The van der Waals surface area contributed by atoms with E-state index in [1.54, 1.807) is 73.7 Å². The first kappa shape index (κ1) is 75.7. The van der Waals surface area contributed by atoms with Gasteiger partial charge in [0.2, 0.25) is 0 Å². The van der Waals surface area contributed by atoms with Crippen LogP contribution < -0.4 is 19.8 Å². The summed E-state index contributed by atoms with van der Waals surface area (Å²) < 4.78 is 87.9. The Morgan fingerprint density at radius 3 is 1.87 bits per heavy atom. The number of aryl methyl sites for hydroxylation is 1. The highest BCUT2D eigenvalue weighted by molar-refractivity contribution is 8.14. The number of Topliss-reactive ketones (excluding diaryl/α,β-unsaturated/α-hetero) is 4. The molecule has 4 atom stereocenters. The molecule has 4 N–H and O–H groups in total. The van der Waals surface area contributed by atoms with Crippen LogP contribution in [0.1, 0.15) is 85.6 Å². The summed E-state index contributed by atoms with van der Waals surface area (Å²) in [5.41, 5.74) is 1.22. The molecule has 1 fully saturated rings. The largest absolute Gasteiger partial charge is 0.482 e. The monoisotopic (exact) mass is 1330 g/mol. The van der Waals surface area contributed by atoms with E-state index in [0.29, 0.717) is 58.6 Å². The molecule has 90 heavy (non-hydrogen) atoms. The summed E-state index contributed by atoms with van der Waals surface area (Å²) in [6, 6.07) is 23.8. The zero-order valence-corrected chi connectivity index (χ0v) is 53.1. The fraction of sp³-hybridized carbons (Fsp3) is 0.362. The average Bonchev–Trinajstić information content (AvgIpc) is 1.67. The summed E-state index contributed by atoms with van der Waals surface area (Å²) in [5, 5.41) is 37.9. The molecule has 32 heteroatoms. The van der Waals surface area contributed by atoms with Crippen molar-refractivity contribution in [2.75, 3.05) is 50.4 Å². The smallest absolute Gasteiger partial charge is 0.341 e. The number of H-pyrrole nitrogens is 1. The number of carboxylic acid groups (broad SMARTS) is 3. The molecule has 0 spiro atoms. The van der Waals surface area contributed by atoms with Crippen LogP contribution in [-0.2, 0) is 73.3 Å². The fourth-order valence-corrected chi connectivity index (χ4v) is 10.5. The number of ketones is 4. The van der Waals surface area contributed by atoms with E-state index in [-0.39, 0.29) is 95.5 Å². The number of nitro benzene ring substituents is 1. The molecule has 2 aliphatic rings. The minimum atomic E-state index is -3.91. The Balaban J connectivity index is 0.000000295. The number of nitro groups is 1. The molecule has 3 heterocycles. The van der Waals surface area contributed by atoms with E-state index in [4.69, 9.17) is 38.5 Å². The molecular weight excluding hydrogens is 1260 g/mol. The van der Waals surface area contributed by atoms with Crippen molar-refractivity contribution in [1.29, 1.82) is 0 Å². The van der Waals surface area contributed by atoms with Crippen LogP contribution in [0.3, 0.4) is 0 Å². The summed E-state index contributed by atoms with van der Waals surface area (Å²) in [7, 11) is -9.81. The van der Waals surface area contributed by atoms with E-state index in [2.05, 4.69) is 25.0 Å². The number of aliphatic imine (C=N–C) groups is 1. The highest BCUT2D eigenvalue weighted by Gasteiger charge is 2.29. The van der Waals surface area contributed by atoms with Gasteiger partial charge < -0.3 is 44.0 Å². The Labute approximate surface area is 522 Å². The Bertz CT molecular complexity index is 3740. The number of aromatic amines is 1. The van der Waals surface area contributed by atoms with Crippen LogP contribution in [0.25, 0.3) is 0 Å². The van der Waals surface area contributed by atoms with Gasteiger partial charge in [0.25, 0.3) is 21.4 Å². The predicted octanol–water partition coefficient (Wildman–Crippen LogP) is 6.71. The van der Waals surface area contributed by atoms with Crippen molar-refractivity contribution in [3.05, 3.63) is 140 Å². The van der Waals surface area contributed by atoms with Gasteiger partial charge in [0.15, 0.2) is 45.2 Å². The number of nitrogens with one attached hydrogen (secondary N) is 1. The number of thioether (sulfide) groups is 1. The number of carbonyl (C=O) groups is 7. The van der Waals surface area contributed by atoms with Crippen LogP contribution in [0.2, 0.25) is 0 Å². The highest BCUT2D eigenvalue weighted by atomic mass is 32.2. The lowest BCUT2D eigenvalue weighted by Crippen LogP contribution is -2.24. The molecule has 4 aromatic carbocycles. The third-order valence-corrected chi connectivity index (χ3v) is 15.6. The van der Waals surface area contributed by atoms with Crippen LogP contribution in [-0.4, -0.2) is 166 Å². The molecule has 2 aliphatic heterocycles. The van der Waals surface area contributed by atoms with Crippen molar-refractivity contribution < 1.29 is 102 Å². The summed E-state index contributed by atoms with van der Waals surface area (Å²) in [6.07, 6.45) is 3.87. The maximum Gasteiger partial charge on any atom is 0.341 e. The normalized spacial score (nSPS) is 14.8. The van der Waals surface area contributed by atoms with Gasteiger partial charge in [-0.15, -0.1) is 11.8 Å². The van der Waals surface area contributed by atoms with E-state index in [0.717, 1.165) is 42.0 Å². The molecule has 4 unspecified atom stereocenters. The van der Waals surface area contributed by atoms with E-state index in [1.807, 2.05) is 0 Å². The topological polar surface area (TPSA) is 422 Å². The molecule has 1 saturated heterocycles. The number of fused-ring (bicyclic) bond motifs is 1. The molecule has 0 saturated carbocycles. The molecule has 1 aromatic heterocycles. The van der Waals surface area contributed by atoms with Crippen molar-refractivity contribution in [3.63, 3.8) is 0 Å². The minimum Gasteiger partial charge on any atom is -0.482 e. The number of hydrogen-bond acceptors (Lipinski definition) is 24. The van der Waals surface area contributed by atoms with E-state index in [1.165, 1.54) is 51.8 Å². The SMILES string of the molecule is C=S(C)(=O)OCC1CCC(COS(C)(=O)=O)O1.CC(=O)CCC(CS(=O)(=O)c1ccc([N+](=O)[O-])cc1)C(=O)O.CC(=O)COc1ccccc1OCC(=O)O.CC(=O)CSC1=Nc2c(nc(C)[nH]c2=O)C1.CC(=O)c1cccc(Oc2ccccc2C(=O)O)c1. The zero-order valence-electron chi connectivity index (χ0n) is 49.8. The summed E-state index contributed by atoms with van der Waals surface area (Å²) >= 11 is 1.37. The number of carbonyl (C=O) groups excluding carboxylic acids is 4. The number of aromatic nitrogens is 2. The first-order valence-corrected chi connectivity index (χ1v) is 33.2. The van der Waals surface area contributed by atoms with Gasteiger partial charge in [-0.2, -0.15) is 8.42 Å². The van der Waals surface area contributed by atoms with Crippen LogP contribution in [0, 0.1) is 23.0 Å². The number of benzene rings is 4. The van der Waals surface area contributed by atoms with Crippen molar-refractivity contribution in [2.24, 2.45) is 10.9 Å². The quantitative estimate of drug-likeness (QED) is 0.0147. The number of aliphatic carboxylic acids is 2. The Hall–Kier alpha value is -8.53. The van der Waals surface area contributed by atoms with Crippen LogP contribution >= 0.6 is 11.8 Å². The maximum absolute atomic E-state index is 12.2. The molecule has 488 valence electrons. The molecule has 0 amide bonds. The maximum atomic E-state index is 12.2. The van der Waals surface area contributed by atoms with Crippen molar-refractivity contribution >= 4 is 105 Å². The van der Waals surface area contributed by atoms with Crippen molar-refractivity contribution in [3.8, 4) is 23.0 Å². The third-order valence-electron chi connectivity index (χ3n) is 11.5. The lowest BCUT2D eigenvalue weighted by atomic mass is 10.0. The Morgan fingerprint density at radius 2 is 1.36 bits per heavy atom. The average molecular weight is 1330 g/mol. The number of carboxylic acids is 3. The molecule has 7 rings (SSSR count).